The van der Waals surface area contributed by atoms with Crippen LogP contribution >= 0.6 is 0 Å². The number of benzene rings is 2. The number of nitrogens with one attached hydrogen (secondary N) is 2. The molecular formula is C20H16N2O6S. The number of H-pyrrole nitrogens is 1. The zero-order valence-electron chi connectivity index (χ0n) is 15.2. The van der Waals surface area contributed by atoms with Gasteiger partial charge in [0.25, 0.3) is 11.5 Å². The Morgan fingerprint density at radius 3 is 2.55 bits per heavy atom. The number of ketones is 1. The van der Waals surface area contributed by atoms with Crippen LogP contribution in [0.25, 0.3) is 17.0 Å². The lowest BCUT2D eigenvalue weighted by atomic mass is 10.1. The summed E-state index contributed by atoms with van der Waals surface area (Å²) in [4.78, 5) is 39.2. The summed E-state index contributed by atoms with van der Waals surface area (Å²) >= 11 is 0. The number of carbonyl (C=O) groups is 2. The van der Waals surface area contributed by atoms with Crippen LogP contribution < -0.4 is 10.3 Å². The van der Waals surface area contributed by atoms with Crippen LogP contribution in [0.2, 0.25) is 0 Å². The molecule has 0 spiro atoms. The third-order valence-corrected chi connectivity index (χ3v) is 4.55. The Morgan fingerprint density at radius 1 is 1.10 bits per heavy atom. The lowest BCUT2D eigenvalue weighted by Crippen LogP contribution is -2.29. The molecule has 3 N–H and O–H groups in total. The first-order valence-corrected chi connectivity index (χ1v) is 10.2. The van der Waals surface area contributed by atoms with Crippen LogP contribution in [0.5, 0.6) is 5.75 Å². The van der Waals surface area contributed by atoms with Crippen LogP contribution in [-0.2, 0) is 10.0 Å². The first-order chi connectivity index (χ1) is 13.7. The highest BCUT2D eigenvalue weighted by molar-refractivity contribution is 7.89. The Bertz CT molecular complexity index is 1320. The predicted molar refractivity (Wildman–Crippen MR) is 108 cm³/mol. The molecule has 9 heteroatoms. The summed E-state index contributed by atoms with van der Waals surface area (Å²) in [5.41, 5.74) is -0.212. The predicted octanol–water partition coefficient (Wildman–Crippen LogP) is 1.82. The molecule has 148 valence electrons. The number of pyridine rings is 1. The normalized spacial score (nSPS) is 11.6. The van der Waals surface area contributed by atoms with Crippen LogP contribution in [0.4, 0.5) is 0 Å². The fourth-order valence-corrected chi connectivity index (χ4v) is 3.17. The molecule has 1 aromatic heterocycles. The van der Waals surface area contributed by atoms with Crippen LogP contribution in [0.15, 0.2) is 59.4 Å². The topological polar surface area (TPSA) is 133 Å². The van der Waals surface area contributed by atoms with E-state index in [0.29, 0.717) is 16.5 Å². The molecule has 0 atom stereocenters. The minimum Gasteiger partial charge on any atom is -0.506 e. The van der Waals surface area contributed by atoms with Crippen LogP contribution in [0, 0.1) is 0 Å². The van der Waals surface area contributed by atoms with Crippen molar-refractivity contribution in [2.24, 2.45) is 0 Å². The summed E-state index contributed by atoms with van der Waals surface area (Å²) in [7, 11) is -3.71. The third-order valence-electron chi connectivity index (χ3n) is 3.99. The van der Waals surface area contributed by atoms with Gasteiger partial charge in [-0.1, -0.05) is 30.3 Å². The Hall–Kier alpha value is -3.72. The number of aromatic hydroxyl groups is 1. The molecule has 29 heavy (non-hydrogen) atoms. The molecule has 0 aliphatic carbocycles. The second kappa shape index (κ2) is 7.72. The SMILES string of the molecule is CS(=O)(=O)NC(=O)c1cccc(/C=C/C(=O)c2c(O)c3ccccc3[nH]c2=O)c1. The number of aromatic amines is 1. The van der Waals surface area contributed by atoms with E-state index in [2.05, 4.69) is 4.98 Å². The van der Waals surface area contributed by atoms with Gasteiger partial charge in [-0.3, -0.25) is 14.4 Å². The molecule has 0 aliphatic rings. The average Bonchev–Trinajstić information content (AvgIpc) is 2.65. The van der Waals surface area contributed by atoms with Crippen molar-refractivity contribution in [3.63, 3.8) is 0 Å². The molecule has 0 radical (unpaired) electrons. The van der Waals surface area contributed by atoms with Gasteiger partial charge in [-0.05, 0) is 35.9 Å². The molecule has 0 saturated carbocycles. The number of hydrogen-bond acceptors (Lipinski definition) is 6. The molecule has 1 amide bonds. The summed E-state index contributed by atoms with van der Waals surface area (Å²) in [5.74, 6) is -1.95. The zero-order chi connectivity index (χ0) is 21.2. The van der Waals surface area contributed by atoms with Gasteiger partial charge in [0, 0.05) is 10.9 Å². The second-order valence-corrected chi connectivity index (χ2v) is 8.00. The number of sulfonamides is 1. The average molecular weight is 412 g/mol. The van der Waals surface area contributed by atoms with Crippen LogP contribution in [0.1, 0.15) is 26.3 Å². The maximum atomic E-state index is 12.5. The van der Waals surface area contributed by atoms with Crippen molar-refractivity contribution in [2.45, 2.75) is 0 Å². The van der Waals surface area contributed by atoms with Gasteiger partial charge >= 0.3 is 0 Å². The first-order valence-electron chi connectivity index (χ1n) is 8.34. The summed E-state index contributed by atoms with van der Waals surface area (Å²) in [6.07, 6.45) is 3.31. The van der Waals surface area contributed by atoms with Gasteiger partial charge in [0.2, 0.25) is 10.0 Å². The number of allylic oxidation sites excluding steroid dienone is 1. The molecule has 8 nitrogen and oxygen atoms in total. The Morgan fingerprint density at radius 2 is 1.83 bits per heavy atom. The summed E-state index contributed by atoms with van der Waals surface area (Å²) in [6, 6.07) is 12.4. The highest BCUT2D eigenvalue weighted by Crippen LogP contribution is 2.25. The summed E-state index contributed by atoms with van der Waals surface area (Å²) in [5, 5.41) is 10.7. The van der Waals surface area contributed by atoms with Crippen molar-refractivity contribution in [1.29, 1.82) is 0 Å². The fraction of sp³-hybridized carbons (Fsp3) is 0.0500. The molecule has 0 saturated heterocycles. The zero-order valence-corrected chi connectivity index (χ0v) is 16.0. The van der Waals surface area contributed by atoms with E-state index in [-0.39, 0.29) is 5.56 Å². The number of aromatic nitrogens is 1. The largest absolute Gasteiger partial charge is 0.506 e. The molecule has 1 heterocycles. The Labute approximate surface area is 165 Å². The maximum Gasteiger partial charge on any atom is 0.264 e. The third kappa shape index (κ3) is 4.58. The van der Waals surface area contributed by atoms with E-state index in [1.807, 2.05) is 4.72 Å². The monoisotopic (exact) mass is 412 g/mol. The van der Waals surface area contributed by atoms with E-state index >= 15 is 0 Å². The number of amides is 1. The quantitative estimate of drug-likeness (QED) is 0.432. The van der Waals surface area contributed by atoms with Crippen molar-refractivity contribution >= 4 is 38.7 Å². The minimum absolute atomic E-state index is 0.0800. The first kappa shape index (κ1) is 20.0. The lowest BCUT2D eigenvalue weighted by molar-refractivity contribution is 0.0980. The van der Waals surface area contributed by atoms with Crippen LogP contribution in [-0.4, -0.2) is 36.5 Å². The van der Waals surface area contributed by atoms with Gasteiger partial charge in [-0.2, -0.15) is 0 Å². The maximum absolute atomic E-state index is 12.5. The van der Waals surface area contributed by atoms with Gasteiger partial charge < -0.3 is 10.1 Å². The van der Waals surface area contributed by atoms with E-state index < -0.39 is 38.6 Å². The molecule has 3 rings (SSSR count). The van der Waals surface area contributed by atoms with E-state index in [4.69, 9.17) is 0 Å². The fourth-order valence-electron chi connectivity index (χ4n) is 2.72. The highest BCUT2D eigenvalue weighted by Gasteiger charge is 2.17. The van der Waals surface area contributed by atoms with Gasteiger partial charge in [0.1, 0.15) is 11.3 Å². The standard InChI is InChI=1S/C20H16N2O6S/c1-29(27,28)22-19(25)13-6-4-5-12(11-13)9-10-16(23)17-18(24)14-7-2-3-8-15(14)21-20(17)26/h2-11H,1H3,(H,22,25)(H2,21,24,26)/b10-9+. The van der Waals surface area contributed by atoms with Crippen molar-refractivity contribution in [1.82, 2.24) is 9.71 Å². The van der Waals surface area contributed by atoms with E-state index in [1.54, 1.807) is 30.3 Å². The van der Waals surface area contributed by atoms with E-state index in [1.165, 1.54) is 24.3 Å². The van der Waals surface area contributed by atoms with Crippen molar-refractivity contribution in [3.05, 3.63) is 81.7 Å². The Balaban J connectivity index is 1.90. The number of carbonyl (C=O) groups excluding carboxylic acids is 2. The van der Waals surface area contributed by atoms with Gasteiger partial charge in [0.15, 0.2) is 5.78 Å². The van der Waals surface area contributed by atoms with E-state index in [0.717, 1.165) is 12.3 Å². The molecule has 3 aromatic rings. The number of para-hydroxylation sites is 1. The smallest absolute Gasteiger partial charge is 0.264 e. The van der Waals surface area contributed by atoms with Crippen LogP contribution in [0.3, 0.4) is 0 Å². The molecule has 0 aliphatic heterocycles. The molecular weight excluding hydrogens is 396 g/mol. The van der Waals surface area contributed by atoms with Crippen molar-refractivity contribution in [2.75, 3.05) is 6.26 Å². The number of fused-ring (bicyclic) bond motifs is 1. The minimum atomic E-state index is -3.71. The molecule has 0 bridgehead atoms. The van der Waals surface area contributed by atoms with Gasteiger partial charge in [-0.15, -0.1) is 0 Å². The van der Waals surface area contributed by atoms with Gasteiger partial charge in [-0.25, -0.2) is 13.1 Å². The summed E-state index contributed by atoms with van der Waals surface area (Å²) < 4.78 is 24.2. The molecule has 0 unspecified atom stereocenters. The van der Waals surface area contributed by atoms with Crippen molar-refractivity contribution < 1.29 is 23.1 Å². The Kier molecular flexibility index (Phi) is 5.33. The second-order valence-electron chi connectivity index (χ2n) is 6.25. The number of rotatable bonds is 5. The number of hydrogen-bond donors (Lipinski definition) is 3. The van der Waals surface area contributed by atoms with E-state index in [9.17, 15) is 27.9 Å². The molecule has 0 fully saturated rings. The van der Waals surface area contributed by atoms with Crippen molar-refractivity contribution in [3.8, 4) is 5.75 Å². The lowest BCUT2D eigenvalue weighted by Gasteiger charge is -2.05. The van der Waals surface area contributed by atoms with Gasteiger partial charge in [0.05, 0.1) is 11.8 Å². The summed E-state index contributed by atoms with van der Waals surface area (Å²) in [6.45, 7) is 0. The highest BCUT2D eigenvalue weighted by atomic mass is 32.2. The molecule has 2 aromatic carbocycles.